The van der Waals surface area contributed by atoms with Gasteiger partial charge in [0.05, 0.1) is 0 Å². The average molecular weight is 240 g/mol. The fourth-order valence-corrected chi connectivity index (χ4v) is 1.17. The lowest BCUT2D eigenvalue weighted by Gasteiger charge is -2.04. The minimum Gasteiger partial charge on any atom is -0.239 e. The molecule has 1 nitrogen and oxygen atoms in total. The molecule has 0 aliphatic rings. The molecule has 0 bridgehead atoms. The number of hydrogen-bond donors (Lipinski definition) is 0. The zero-order valence-electron chi connectivity index (χ0n) is 6.11. The van der Waals surface area contributed by atoms with Crippen molar-refractivity contribution in [3.8, 4) is 0 Å². The summed E-state index contributed by atoms with van der Waals surface area (Å²) < 4.78 is 37.2. The summed E-state index contributed by atoms with van der Waals surface area (Å²) in [6.07, 6.45) is -2.74. The Bertz CT molecular complexity index is 301. The Morgan fingerprint density at radius 3 is 2.58 bits per heavy atom. The van der Waals surface area contributed by atoms with Crippen molar-refractivity contribution in [1.82, 2.24) is 4.98 Å². The van der Waals surface area contributed by atoms with Gasteiger partial charge in [-0.1, -0.05) is 0 Å². The van der Waals surface area contributed by atoms with Crippen LogP contribution in [0.3, 0.4) is 0 Å². The summed E-state index contributed by atoms with van der Waals surface area (Å²) in [5.41, 5.74) is -0.616. The second-order valence-corrected chi connectivity index (χ2v) is 3.05. The van der Waals surface area contributed by atoms with Crippen molar-refractivity contribution in [1.29, 1.82) is 0 Å². The Kier molecular flexibility index (Phi) is 2.72. The highest BCUT2D eigenvalue weighted by molar-refractivity contribution is 9.10. The van der Waals surface area contributed by atoms with Crippen molar-refractivity contribution in [3.63, 3.8) is 0 Å². The summed E-state index contributed by atoms with van der Waals surface area (Å²) in [5.74, 6) is -0.674. The molecule has 0 N–H and O–H groups in total. The maximum Gasteiger partial charge on any atom is 0.280 e. The van der Waals surface area contributed by atoms with Crippen LogP contribution in [-0.4, -0.2) is 4.98 Å². The van der Waals surface area contributed by atoms with E-state index in [1.165, 1.54) is 6.92 Å². The third-order valence-corrected chi connectivity index (χ3v) is 1.83. The van der Waals surface area contributed by atoms with Gasteiger partial charge >= 0.3 is 0 Å². The predicted octanol–water partition coefficient (Wildman–Crippen LogP) is 3.23. The molecule has 5 heteroatoms. The molecular weight excluding hydrogens is 235 g/mol. The summed E-state index contributed by atoms with van der Waals surface area (Å²) >= 11 is 2.83. The molecule has 1 heterocycles. The standard InChI is InChI=1S/C7H5BrF3N/c1-3-4(9)2-5(8)12-6(3)7(10)11/h2,7H,1H3. The van der Waals surface area contributed by atoms with Gasteiger partial charge in [0, 0.05) is 11.6 Å². The molecule has 12 heavy (non-hydrogen) atoms. The lowest BCUT2D eigenvalue weighted by Crippen LogP contribution is -1.98. The first-order valence-electron chi connectivity index (χ1n) is 3.13. The molecule has 0 atom stereocenters. The van der Waals surface area contributed by atoms with Gasteiger partial charge in [0.25, 0.3) is 6.43 Å². The number of alkyl halides is 2. The maximum absolute atomic E-state index is 12.8. The third-order valence-electron chi connectivity index (χ3n) is 1.42. The van der Waals surface area contributed by atoms with Crippen LogP contribution in [-0.2, 0) is 0 Å². The van der Waals surface area contributed by atoms with Gasteiger partial charge in [-0.2, -0.15) is 0 Å². The van der Waals surface area contributed by atoms with Crippen LogP contribution in [0.2, 0.25) is 0 Å². The van der Waals surface area contributed by atoms with Crippen molar-refractivity contribution >= 4 is 15.9 Å². The van der Waals surface area contributed by atoms with Crippen LogP contribution in [0, 0.1) is 12.7 Å². The number of nitrogens with zero attached hydrogens (tertiary/aromatic N) is 1. The van der Waals surface area contributed by atoms with E-state index in [4.69, 9.17) is 0 Å². The summed E-state index contributed by atoms with van der Waals surface area (Å²) in [7, 11) is 0. The first kappa shape index (κ1) is 9.51. The topological polar surface area (TPSA) is 12.9 Å². The molecule has 0 aliphatic heterocycles. The van der Waals surface area contributed by atoms with Crippen LogP contribution >= 0.6 is 15.9 Å². The van der Waals surface area contributed by atoms with E-state index in [0.29, 0.717) is 0 Å². The van der Waals surface area contributed by atoms with Crippen LogP contribution in [0.4, 0.5) is 13.2 Å². The van der Waals surface area contributed by atoms with E-state index in [9.17, 15) is 13.2 Å². The number of rotatable bonds is 1. The smallest absolute Gasteiger partial charge is 0.239 e. The minimum atomic E-state index is -2.74. The summed E-state index contributed by atoms with van der Waals surface area (Å²) in [6.45, 7) is 1.27. The lowest BCUT2D eigenvalue weighted by atomic mass is 10.2. The Morgan fingerprint density at radius 2 is 2.08 bits per heavy atom. The Morgan fingerprint density at radius 1 is 1.50 bits per heavy atom. The van der Waals surface area contributed by atoms with Crippen LogP contribution in [0.1, 0.15) is 17.7 Å². The average Bonchev–Trinajstić information content (AvgIpc) is 1.96. The monoisotopic (exact) mass is 239 g/mol. The minimum absolute atomic E-state index is 0.0842. The van der Waals surface area contributed by atoms with E-state index >= 15 is 0 Å². The Hall–Kier alpha value is -0.580. The molecule has 1 rings (SSSR count). The predicted molar refractivity (Wildman–Crippen MR) is 41.6 cm³/mol. The van der Waals surface area contributed by atoms with Gasteiger partial charge in [-0.15, -0.1) is 0 Å². The molecule has 0 amide bonds. The normalized spacial score (nSPS) is 10.8. The molecule has 0 unspecified atom stereocenters. The van der Waals surface area contributed by atoms with Gasteiger partial charge in [-0.25, -0.2) is 18.2 Å². The zero-order chi connectivity index (χ0) is 9.30. The molecule has 1 aromatic rings. The van der Waals surface area contributed by atoms with Gasteiger partial charge in [-0.3, -0.25) is 0 Å². The van der Waals surface area contributed by atoms with Gasteiger partial charge in [0.2, 0.25) is 0 Å². The van der Waals surface area contributed by atoms with E-state index in [1.54, 1.807) is 0 Å². The van der Waals surface area contributed by atoms with Gasteiger partial charge in [-0.05, 0) is 22.9 Å². The third kappa shape index (κ3) is 1.77. The Labute approximate surface area is 75.7 Å². The SMILES string of the molecule is Cc1c(F)cc(Br)nc1C(F)F. The van der Waals surface area contributed by atoms with Gasteiger partial charge in [0.1, 0.15) is 16.1 Å². The highest BCUT2D eigenvalue weighted by Crippen LogP contribution is 2.24. The van der Waals surface area contributed by atoms with Gasteiger partial charge in [0.15, 0.2) is 0 Å². The highest BCUT2D eigenvalue weighted by Gasteiger charge is 2.16. The molecule has 0 aromatic carbocycles. The van der Waals surface area contributed by atoms with Crippen LogP contribution in [0.5, 0.6) is 0 Å². The quantitative estimate of drug-likeness (QED) is 0.686. The second-order valence-electron chi connectivity index (χ2n) is 2.24. The van der Waals surface area contributed by atoms with E-state index < -0.39 is 17.9 Å². The number of pyridine rings is 1. The first-order chi connectivity index (χ1) is 5.52. The van der Waals surface area contributed by atoms with E-state index in [2.05, 4.69) is 20.9 Å². The molecule has 0 radical (unpaired) electrons. The fourth-order valence-electron chi connectivity index (χ4n) is 0.779. The number of aromatic nitrogens is 1. The fraction of sp³-hybridized carbons (Fsp3) is 0.286. The van der Waals surface area contributed by atoms with Crippen LogP contribution in [0.25, 0.3) is 0 Å². The van der Waals surface area contributed by atoms with E-state index in [-0.39, 0.29) is 10.2 Å². The van der Waals surface area contributed by atoms with E-state index in [0.717, 1.165) is 6.07 Å². The molecule has 66 valence electrons. The van der Waals surface area contributed by atoms with Crippen LogP contribution < -0.4 is 0 Å². The lowest BCUT2D eigenvalue weighted by molar-refractivity contribution is 0.144. The Balaban J connectivity index is 3.28. The van der Waals surface area contributed by atoms with Crippen molar-refractivity contribution < 1.29 is 13.2 Å². The molecule has 0 fully saturated rings. The maximum atomic E-state index is 12.8. The number of hydrogen-bond acceptors (Lipinski definition) is 1. The van der Waals surface area contributed by atoms with Gasteiger partial charge < -0.3 is 0 Å². The molecular formula is C7H5BrF3N. The summed E-state index contributed by atoms with van der Waals surface area (Å²) in [6, 6.07) is 1.06. The molecule has 0 aliphatic carbocycles. The summed E-state index contributed by atoms with van der Waals surface area (Å²) in [4.78, 5) is 3.46. The second kappa shape index (κ2) is 3.43. The van der Waals surface area contributed by atoms with Crippen LogP contribution in [0.15, 0.2) is 10.7 Å². The first-order valence-corrected chi connectivity index (χ1v) is 3.92. The molecule has 0 spiro atoms. The zero-order valence-corrected chi connectivity index (χ0v) is 7.70. The van der Waals surface area contributed by atoms with Crippen molar-refractivity contribution in [2.45, 2.75) is 13.3 Å². The summed E-state index contributed by atoms with van der Waals surface area (Å²) in [5, 5.41) is 0. The van der Waals surface area contributed by atoms with Crippen molar-refractivity contribution in [3.05, 3.63) is 27.7 Å². The molecule has 0 saturated heterocycles. The molecule has 1 aromatic heterocycles. The van der Waals surface area contributed by atoms with Crippen molar-refractivity contribution in [2.24, 2.45) is 0 Å². The largest absolute Gasteiger partial charge is 0.280 e. The van der Waals surface area contributed by atoms with Crippen molar-refractivity contribution in [2.75, 3.05) is 0 Å². The highest BCUT2D eigenvalue weighted by atomic mass is 79.9. The molecule has 0 saturated carbocycles. The number of halogens is 4. The van der Waals surface area contributed by atoms with E-state index in [1.807, 2.05) is 0 Å².